The number of hydrogen-bond acceptors (Lipinski definition) is 4. The predicted octanol–water partition coefficient (Wildman–Crippen LogP) is 6.98. The number of carbonyl (C=O) groups excluding carboxylic acids is 3. The number of anilines is 2. The van der Waals surface area contributed by atoms with Crippen molar-refractivity contribution in [1.82, 2.24) is 5.32 Å². The number of benzene rings is 4. The van der Waals surface area contributed by atoms with Crippen LogP contribution in [0, 0.1) is 0 Å². The smallest absolute Gasteiger partial charge is 0.272 e. The highest BCUT2D eigenvalue weighted by atomic mass is 79.9. The van der Waals surface area contributed by atoms with Gasteiger partial charge in [-0.05, 0) is 77.0 Å². The molecule has 4 aromatic carbocycles. The zero-order chi connectivity index (χ0) is 27.6. The summed E-state index contributed by atoms with van der Waals surface area (Å²) in [6.45, 7) is 1.82. The van der Waals surface area contributed by atoms with Crippen LogP contribution in [0.25, 0.3) is 6.08 Å². The van der Waals surface area contributed by atoms with E-state index in [0.717, 1.165) is 14.9 Å². The Bertz CT molecular complexity index is 1490. The number of amides is 3. The van der Waals surface area contributed by atoms with E-state index in [2.05, 4.69) is 31.9 Å². The summed E-state index contributed by atoms with van der Waals surface area (Å²) < 4.78 is 0.805. The average molecular weight is 601 g/mol. The van der Waals surface area contributed by atoms with Gasteiger partial charge >= 0.3 is 0 Å². The summed E-state index contributed by atoms with van der Waals surface area (Å²) in [7, 11) is 0. The molecule has 3 N–H and O–H groups in total. The molecule has 0 radical (unpaired) electrons. The van der Waals surface area contributed by atoms with Crippen LogP contribution in [0.4, 0.5) is 11.4 Å². The lowest BCUT2D eigenvalue weighted by molar-refractivity contribution is -0.115. The van der Waals surface area contributed by atoms with Gasteiger partial charge in [0.15, 0.2) is 0 Å². The van der Waals surface area contributed by atoms with Crippen LogP contribution in [0.15, 0.2) is 124 Å². The predicted molar refractivity (Wildman–Crippen MR) is 161 cm³/mol. The van der Waals surface area contributed by atoms with Crippen molar-refractivity contribution in [3.8, 4) is 0 Å². The fourth-order valence-electron chi connectivity index (χ4n) is 3.56. The van der Waals surface area contributed by atoms with Crippen LogP contribution in [0.3, 0.4) is 0 Å². The van der Waals surface area contributed by atoms with Crippen molar-refractivity contribution < 1.29 is 14.4 Å². The standard InChI is InChI=1S/C31H26BrN3O3S/c1-21(29(36)34-27-18-9-8-17-26(27)32)39-25-16-10-15-24(20-25)33-31(38)28(19-22-11-4-2-5-12-22)35-30(37)23-13-6-3-7-14-23/h2-21H,1H3,(H,33,38)(H,34,36)(H,35,37)/b28-19-. The summed E-state index contributed by atoms with van der Waals surface area (Å²) in [6, 6.07) is 32.7. The molecule has 196 valence electrons. The van der Waals surface area contributed by atoms with Gasteiger partial charge in [0.2, 0.25) is 5.91 Å². The summed E-state index contributed by atoms with van der Waals surface area (Å²) in [6.07, 6.45) is 1.63. The van der Waals surface area contributed by atoms with Gasteiger partial charge in [-0.2, -0.15) is 0 Å². The second kappa shape index (κ2) is 13.6. The molecule has 0 aliphatic carbocycles. The van der Waals surface area contributed by atoms with Gasteiger partial charge < -0.3 is 16.0 Å². The van der Waals surface area contributed by atoms with E-state index in [1.807, 2.05) is 73.7 Å². The van der Waals surface area contributed by atoms with Crippen LogP contribution in [0.2, 0.25) is 0 Å². The van der Waals surface area contributed by atoms with Crippen LogP contribution < -0.4 is 16.0 Å². The fourth-order valence-corrected chi connectivity index (χ4v) is 4.87. The number of hydrogen-bond donors (Lipinski definition) is 3. The van der Waals surface area contributed by atoms with E-state index in [-0.39, 0.29) is 22.8 Å². The summed E-state index contributed by atoms with van der Waals surface area (Å²) in [5.74, 6) is -0.995. The summed E-state index contributed by atoms with van der Waals surface area (Å²) in [4.78, 5) is 39.7. The highest BCUT2D eigenvalue weighted by Gasteiger charge is 2.18. The molecule has 0 fully saturated rings. The van der Waals surface area contributed by atoms with Crippen LogP contribution in [-0.4, -0.2) is 23.0 Å². The van der Waals surface area contributed by atoms with Crippen molar-refractivity contribution >= 4 is 62.9 Å². The van der Waals surface area contributed by atoms with Crippen LogP contribution in [-0.2, 0) is 9.59 Å². The first kappa shape index (κ1) is 27.9. The molecule has 0 saturated heterocycles. The first-order chi connectivity index (χ1) is 18.9. The molecule has 0 spiro atoms. The summed E-state index contributed by atoms with van der Waals surface area (Å²) in [5.41, 5.74) is 2.56. The van der Waals surface area contributed by atoms with Gasteiger partial charge in [-0.1, -0.05) is 66.7 Å². The molecular weight excluding hydrogens is 574 g/mol. The molecule has 8 heteroatoms. The van der Waals surface area contributed by atoms with Crippen molar-refractivity contribution in [2.75, 3.05) is 10.6 Å². The van der Waals surface area contributed by atoms with Crippen LogP contribution in [0.5, 0.6) is 0 Å². The molecule has 0 aliphatic rings. The molecule has 6 nitrogen and oxygen atoms in total. The van der Waals surface area contributed by atoms with E-state index >= 15 is 0 Å². The molecular formula is C31H26BrN3O3S. The van der Waals surface area contributed by atoms with Gasteiger partial charge in [-0.15, -0.1) is 11.8 Å². The Morgan fingerprint density at radius 3 is 2.18 bits per heavy atom. The van der Waals surface area contributed by atoms with Gasteiger partial charge in [0.25, 0.3) is 11.8 Å². The Morgan fingerprint density at radius 2 is 1.46 bits per heavy atom. The number of halogens is 1. The molecule has 0 aromatic heterocycles. The maximum Gasteiger partial charge on any atom is 0.272 e. The number of rotatable bonds is 9. The first-order valence-electron chi connectivity index (χ1n) is 12.2. The normalized spacial score (nSPS) is 11.8. The van der Waals surface area contributed by atoms with Crippen molar-refractivity contribution in [2.45, 2.75) is 17.1 Å². The largest absolute Gasteiger partial charge is 0.324 e. The maximum atomic E-state index is 13.3. The topological polar surface area (TPSA) is 87.3 Å². The number of carbonyl (C=O) groups is 3. The molecule has 1 atom stereocenters. The van der Waals surface area contributed by atoms with Crippen molar-refractivity contribution in [3.05, 3.63) is 130 Å². The third-order valence-electron chi connectivity index (χ3n) is 5.55. The molecule has 4 rings (SSSR count). The van der Waals surface area contributed by atoms with Gasteiger partial charge in [0.05, 0.1) is 10.9 Å². The lowest BCUT2D eigenvalue weighted by Gasteiger charge is -2.14. The first-order valence-corrected chi connectivity index (χ1v) is 13.8. The third-order valence-corrected chi connectivity index (χ3v) is 7.33. The zero-order valence-corrected chi connectivity index (χ0v) is 23.5. The Balaban J connectivity index is 1.46. The Morgan fingerprint density at radius 1 is 0.795 bits per heavy atom. The van der Waals surface area contributed by atoms with Crippen LogP contribution in [0.1, 0.15) is 22.8 Å². The van der Waals surface area contributed by atoms with Crippen LogP contribution >= 0.6 is 27.7 Å². The minimum Gasteiger partial charge on any atom is -0.324 e. The van der Waals surface area contributed by atoms with E-state index in [9.17, 15) is 14.4 Å². The molecule has 0 bridgehead atoms. The maximum absolute atomic E-state index is 13.3. The highest BCUT2D eigenvalue weighted by Crippen LogP contribution is 2.28. The minimum absolute atomic E-state index is 0.106. The zero-order valence-electron chi connectivity index (χ0n) is 21.1. The fraction of sp³-hybridized carbons (Fsp3) is 0.0645. The molecule has 0 aliphatic heterocycles. The molecule has 0 saturated carbocycles. The molecule has 1 unspecified atom stereocenters. The third kappa shape index (κ3) is 8.17. The Kier molecular flexibility index (Phi) is 9.72. The molecule has 4 aromatic rings. The van der Waals surface area contributed by atoms with E-state index in [0.29, 0.717) is 16.9 Å². The molecule has 3 amide bonds. The molecule has 39 heavy (non-hydrogen) atoms. The van der Waals surface area contributed by atoms with Gasteiger partial charge in [0, 0.05) is 20.6 Å². The van der Waals surface area contributed by atoms with E-state index in [1.165, 1.54) is 11.8 Å². The Labute approximate surface area is 240 Å². The summed E-state index contributed by atoms with van der Waals surface area (Å²) in [5, 5.41) is 8.14. The number of para-hydroxylation sites is 1. The second-order valence-electron chi connectivity index (χ2n) is 8.50. The van der Waals surface area contributed by atoms with Crippen molar-refractivity contribution in [1.29, 1.82) is 0 Å². The quantitative estimate of drug-likeness (QED) is 0.143. The monoisotopic (exact) mass is 599 g/mol. The second-order valence-corrected chi connectivity index (χ2v) is 10.8. The van der Waals surface area contributed by atoms with E-state index in [1.54, 1.807) is 48.5 Å². The molecule has 0 heterocycles. The highest BCUT2D eigenvalue weighted by molar-refractivity contribution is 9.10. The van der Waals surface area contributed by atoms with Gasteiger partial charge in [-0.25, -0.2) is 0 Å². The minimum atomic E-state index is -0.468. The van der Waals surface area contributed by atoms with Crippen molar-refractivity contribution in [2.24, 2.45) is 0 Å². The van der Waals surface area contributed by atoms with Gasteiger partial charge in [0.1, 0.15) is 5.70 Å². The Hall–Kier alpha value is -4.14. The SMILES string of the molecule is CC(Sc1cccc(NC(=O)/C(=C/c2ccccc2)NC(=O)c2ccccc2)c1)C(=O)Nc1ccccc1Br. The number of nitrogens with one attached hydrogen (secondary N) is 3. The van der Waals surface area contributed by atoms with E-state index in [4.69, 9.17) is 0 Å². The number of thioether (sulfide) groups is 1. The van der Waals surface area contributed by atoms with Crippen molar-refractivity contribution in [3.63, 3.8) is 0 Å². The van der Waals surface area contributed by atoms with Gasteiger partial charge in [-0.3, -0.25) is 14.4 Å². The lowest BCUT2D eigenvalue weighted by Crippen LogP contribution is -2.30. The lowest BCUT2D eigenvalue weighted by atomic mass is 10.1. The average Bonchev–Trinajstić information content (AvgIpc) is 2.95. The summed E-state index contributed by atoms with van der Waals surface area (Å²) >= 11 is 4.81. The van der Waals surface area contributed by atoms with E-state index < -0.39 is 5.91 Å².